The first-order valence-electron chi connectivity index (χ1n) is 12.7. The van der Waals surface area contributed by atoms with E-state index in [1.807, 2.05) is 103 Å². The fourth-order valence-electron chi connectivity index (χ4n) is 4.46. The van der Waals surface area contributed by atoms with Crippen molar-refractivity contribution in [3.05, 3.63) is 107 Å². The summed E-state index contributed by atoms with van der Waals surface area (Å²) in [6.07, 6.45) is 4.84. The number of benzene rings is 3. The third-order valence-corrected chi connectivity index (χ3v) is 7.80. The lowest BCUT2D eigenvalue weighted by atomic mass is 10.0. The molecule has 7 heteroatoms. The summed E-state index contributed by atoms with van der Waals surface area (Å²) in [5.41, 5.74) is 5.68. The van der Waals surface area contributed by atoms with Gasteiger partial charge in [-0.3, -0.25) is 9.69 Å². The van der Waals surface area contributed by atoms with Crippen LogP contribution in [0, 0.1) is 6.92 Å². The van der Waals surface area contributed by atoms with Crippen LogP contribution < -0.4 is 4.74 Å². The zero-order chi connectivity index (χ0) is 26.6. The summed E-state index contributed by atoms with van der Waals surface area (Å²) in [6.45, 7) is 6.83. The van der Waals surface area contributed by atoms with Gasteiger partial charge in [0.15, 0.2) is 0 Å². The largest absolute Gasteiger partial charge is 0.494 e. The number of ether oxygens (including phenoxy) is 1. The van der Waals surface area contributed by atoms with Gasteiger partial charge in [-0.25, -0.2) is 4.68 Å². The third-order valence-electron chi connectivity index (χ3n) is 6.47. The summed E-state index contributed by atoms with van der Waals surface area (Å²) >= 11 is 6.99. The molecule has 0 spiro atoms. The Hall–Kier alpha value is -3.68. The van der Waals surface area contributed by atoms with Gasteiger partial charge in [0.2, 0.25) is 0 Å². The molecule has 0 N–H and O–H groups in total. The predicted molar refractivity (Wildman–Crippen MR) is 159 cm³/mol. The van der Waals surface area contributed by atoms with Crippen LogP contribution in [0.4, 0.5) is 0 Å². The Bertz CT molecular complexity index is 1500. The second-order valence-electron chi connectivity index (χ2n) is 9.18. The molecule has 5 nitrogen and oxygen atoms in total. The molecule has 1 fully saturated rings. The molecule has 4 aromatic rings. The molecule has 192 valence electrons. The van der Waals surface area contributed by atoms with Gasteiger partial charge in [-0.05, 0) is 67.8 Å². The van der Waals surface area contributed by atoms with Gasteiger partial charge in [-0.15, -0.1) is 0 Å². The van der Waals surface area contributed by atoms with Gasteiger partial charge in [0, 0.05) is 17.3 Å². The summed E-state index contributed by atoms with van der Waals surface area (Å²) in [7, 11) is 0. The van der Waals surface area contributed by atoms with E-state index in [0.29, 0.717) is 15.8 Å². The van der Waals surface area contributed by atoms with Gasteiger partial charge in [0.05, 0.1) is 23.2 Å². The second kappa shape index (κ2) is 11.4. The normalized spacial score (nSPS) is 15.3. The van der Waals surface area contributed by atoms with E-state index >= 15 is 0 Å². The lowest BCUT2D eigenvalue weighted by Crippen LogP contribution is -2.30. The first-order valence-corrected chi connectivity index (χ1v) is 13.9. The SMILES string of the molecule is CCCOc1ccc(-c2nn(-c3ccccc3)cc2/C=C2\SC(=S)N([C@@H](C)c3ccccc3)C2=O)c(C)c1. The minimum absolute atomic E-state index is 0.0881. The number of aryl methyl sites for hydroxylation is 1. The van der Waals surface area contributed by atoms with Gasteiger partial charge >= 0.3 is 0 Å². The summed E-state index contributed by atoms with van der Waals surface area (Å²) in [4.78, 5) is 15.9. The van der Waals surface area contributed by atoms with Crippen LogP contribution in [0.2, 0.25) is 0 Å². The Kier molecular flexibility index (Phi) is 7.77. The number of carbonyl (C=O) groups excluding carboxylic acids is 1. The van der Waals surface area contributed by atoms with Crippen molar-refractivity contribution in [1.82, 2.24) is 14.7 Å². The van der Waals surface area contributed by atoms with Crippen LogP contribution in [-0.4, -0.2) is 31.5 Å². The van der Waals surface area contributed by atoms with Gasteiger partial charge in [-0.2, -0.15) is 5.10 Å². The van der Waals surface area contributed by atoms with Crippen molar-refractivity contribution in [1.29, 1.82) is 0 Å². The maximum Gasteiger partial charge on any atom is 0.266 e. The van der Waals surface area contributed by atoms with Crippen molar-refractivity contribution in [3.63, 3.8) is 0 Å². The molecule has 0 aliphatic carbocycles. The Morgan fingerprint density at radius 1 is 1.05 bits per heavy atom. The molecule has 0 radical (unpaired) electrons. The van der Waals surface area contributed by atoms with E-state index in [1.54, 1.807) is 4.90 Å². The maximum atomic E-state index is 13.6. The standard InChI is InChI=1S/C31H29N3O2S2/c1-4-17-36-26-15-16-27(21(2)18-26)29-24(20-33(32-29)25-13-9-6-10-14-25)19-28-30(35)34(31(37)38-28)22(3)23-11-7-5-8-12-23/h5-16,18-20,22H,4,17H2,1-3H3/b28-19-/t22-/m0/s1. The predicted octanol–water partition coefficient (Wildman–Crippen LogP) is 7.60. The minimum Gasteiger partial charge on any atom is -0.494 e. The highest BCUT2D eigenvalue weighted by Gasteiger charge is 2.36. The van der Waals surface area contributed by atoms with E-state index in [4.69, 9.17) is 22.1 Å². The van der Waals surface area contributed by atoms with Gasteiger partial charge in [0.25, 0.3) is 5.91 Å². The highest BCUT2D eigenvalue weighted by atomic mass is 32.2. The van der Waals surface area contributed by atoms with Crippen molar-refractivity contribution in [3.8, 4) is 22.7 Å². The fraction of sp³-hybridized carbons (Fsp3) is 0.194. The highest BCUT2D eigenvalue weighted by Crippen LogP contribution is 2.39. The molecule has 1 aliphatic heterocycles. The molecule has 3 aromatic carbocycles. The van der Waals surface area contributed by atoms with Crippen LogP contribution >= 0.6 is 24.0 Å². The van der Waals surface area contributed by atoms with Crippen molar-refractivity contribution in [2.45, 2.75) is 33.2 Å². The quantitative estimate of drug-likeness (QED) is 0.170. The van der Waals surface area contributed by atoms with E-state index in [1.165, 1.54) is 11.8 Å². The molecule has 0 saturated carbocycles. The van der Waals surface area contributed by atoms with Crippen molar-refractivity contribution < 1.29 is 9.53 Å². The third kappa shape index (κ3) is 5.30. The van der Waals surface area contributed by atoms with E-state index in [9.17, 15) is 4.79 Å². The fourth-order valence-corrected chi connectivity index (χ4v) is 5.87. The molecule has 5 rings (SSSR count). The number of amides is 1. The molecule has 1 aliphatic rings. The van der Waals surface area contributed by atoms with E-state index in [2.05, 4.69) is 13.8 Å². The number of thiocarbonyl (C=S) groups is 1. The highest BCUT2D eigenvalue weighted by molar-refractivity contribution is 8.26. The zero-order valence-corrected chi connectivity index (χ0v) is 23.3. The molecular formula is C31H29N3O2S2. The van der Waals surface area contributed by atoms with Crippen LogP contribution in [0.1, 0.15) is 43.0 Å². The number of rotatable bonds is 8. The van der Waals surface area contributed by atoms with Crippen LogP contribution in [-0.2, 0) is 4.79 Å². The van der Waals surface area contributed by atoms with Crippen molar-refractivity contribution >= 4 is 40.3 Å². The average molecular weight is 540 g/mol. The van der Waals surface area contributed by atoms with E-state index in [0.717, 1.165) is 45.8 Å². The molecule has 1 saturated heterocycles. The Morgan fingerprint density at radius 2 is 1.76 bits per heavy atom. The molecule has 1 amide bonds. The van der Waals surface area contributed by atoms with Crippen molar-refractivity contribution in [2.24, 2.45) is 0 Å². The zero-order valence-electron chi connectivity index (χ0n) is 21.6. The van der Waals surface area contributed by atoms with Crippen LogP contribution in [0.15, 0.2) is 90.0 Å². The number of hydrogen-bond donors (Lipinski definition) is 0. The number of para-hydroxylation sites is 1. The maximum absolute atomic E-state index is 13.6. The second-order valence-corrected chi connectivity index (χ2v) is 10.9. The van der Waals surface area contributed by atoms with Crippen LogP contribution in [0.5, 0.6) is 5.75 Å². The average Bonchev–Trinajstić information content (AvgIpc) is 3.48. The number of thioether (sulfide) groups is 1. The molecule has 2 heterocycles. The van der Waals surface area contributed by atoms with Crippen LogP contribution in [0.3, 0.4) is 0 Å². The summed E-state index contributed by atoms with van der Waals surface area (Å²) in [5.74, 6) is 0.753. The number of hydrogen-bond acceptors (Lipinski definition) is 5. The summed E-state index contributed by atoms with van der Waals surface area (Å²) in [6, 6.07) is 25.8. The first-order chi connectivity index (χ1) is 18.5. The lowest BCUT2D eigenvalue weighted by molar-refractivity contribution is -0.123. The summed E-state index contributed by atoms with van der Waals surface area (Å²) in [5, 5.41) is 4.96. The Labute approximate surface area is 233 Å². The number of nitrogens with zero attached hydrogens (tertiary/aromatic N) is 3. The monoisotopic (exact) mass is 539 g/mol. The van der Waals surface area contributed by atoms with Crippen molar-refractivity contribution in [2.75, 3.05) is 6.61 Å². The van der Waals surface area contributed by atoms with E-state index < -0.39 is 0 Å². The first kappa shape index (κ1) is 25.9. The molecule has 38 heavy (non-hydrogen) atoms. The Morgan fingerprint density at radius 3 is 2.45 bits per heavy atom. The molecular weight excluding hydrogens is 510 g/mol. The molecule has 1 aromatic heterocycles. The smallest absolute Gasteiger partial charge is 0.266 e. The van der Waals surface area contributed by atoms with Gasteiger partial charge in [0.1, 0.15) is 15.8 Å². The molecule has 0 unspecified atom stereocenters. The number of carbonyl (C=O) groups is 1. The Balaban J connectivity index is 1.54. The topological polar surface area (TPSA) is 47.4 Å². The molecule has 0 bridgehead atoms. The van der Waals surface area contributed by atoms with Gasteiger partial charge in [-0.1, -0.05) is 79.4 Å². The number of aromatic nitrogens is 2. The molecule has 1 atom stereocenters. The minimum atomic E-state index is -0.154. The van der Waals surface area contributed by atoms with E-state index in [-0.39, 0.29) is 11.9 Å². The summed E-state index contributed by atoms with van der Waals surface area (Å²) < 4.78 is 8.25. The van der Waals surface area contributed by atoms with Crippen LogP contribution in [0.25, 0.3) is 23.0 Å². The lowest BCUT2D eigenvalue weighted by Gasteiger charge is -2.23. The van der Waals surface area contributed by atoms with Gasteiger partial charge < -0.3 is 4.74 Å².